The molecule has 0 saturated heterocycles. The molecule has 0 rings (SSSR count). The molecule has 10 heteroatoms. The second kappa shape index (κ2) is 84.6. The minimum absolute atomic E-state index is 0.0467. The van der Waals surface area contributed by atoms with Crippen LogP contribution in [0.1, 0.15) is 373 Å². The standard InChI is InChI=1S/C91H156NO8P/c1-3-5-7-9-11-13-15-17-19-21-23-25-27-29-31-33-35-37-39-41-43-44-46-47-49-51-53-55-57-59-61-63-65-67-69-71-73-75-77-79-81-83-90(93)97-87-89(88-99-101(95,96)98-86-85-92)100-91(94)84-82-80-78-76-74-72-70-68-66-64-62-60-58-56-54-52-50-48-45-42-40-38-36-34-32-30-28-26-24-22-20-18-16-14-12-10-8-6-4-2/h6,8,12,14-15,17-18,20-21,23-24,26-27,29-30,32,36,38,42,45,50,52,56,58,62,64,89H,3-5,7,9-11,13,16,19,22,25,28,31,33-35,37,39-41,43-44,46-49,51,53-55,57,59-61,63,65-88,92H2,1-2H3,(H,95,96)/b8-6-,14-12-,17-15-,20-18-,23-21-,26-24-,29-27-,32-30-,38-36-,45-42-,52-50-,58-56-,64-62-. The molecule has 0 aliphatic rings. The molecule has 0 aromatic heterocycles. The molecule has 101 heavy (non-hydrogen) atoms. The number of hydrogen-bond acceptors (Lipinski definition) is 8. The van der Waals surface area contributed by atoms with E-state index < -0.39 is 26.5 Å². The quantitative estimate of drug-likeness (QED) is 0.0264. The lowest BCUT2D eigenvalue weighted by Gasteiger charge is -2.19. The van der Waals surface area contributed by atoms with Crippen LogP contribution in [0.5, 0.6) is 0 Å². The van der Waals surface area contributed by atoms with Crippen LogP contribution in [0.25, 0.3) is 0 Å². The summed E-state index contributed by atoms with van der Waals surface area (Å²) in [5, 5.41) is 0. The highest BCUT2D eigenvalue weighted by atomic mass is 31.2. The molecule has 3 N–H and O–H groups in total. The maximum Gasteiger partial charge on any atom is 0.472 e. The minimum Gasteiger partial charge on any atom is -0.462 e. The predicted molar refractivity (Wildman–Crippen MR) is 440 cm³/mol. The third-order valence-electron chi connectivity index (χ3n) is 17.9. The Balaban J connectivity index is 3.84. The fraction of sp³-hybridized carbons (Fsp3) is 0.692. The highest BCUT2D eigenvalue weighted by Crippen LogP contribution is 2.43. The molecule has 0 aromatic carbocycles. The van der Waals surface area contributed by atoms with E-state index in [0.717, 1.165) is 122 Å². The molecule has 0 aliphatic carbocycles. The second-order valence-corrected chi connectivity index (χ2v) is 29.1. The number of carbonyl (C=O) groups excluding carboxylic acids is 2. The number of ether oxygens (including phenoxy) is 2. The Kier molecular flexibility index (Phi) is 80.9. The van der Waals surface area contributed by atoms with Crippen molar-refractivity contribution in [3.8, 4) is 0 Å². The van der Waals surface area contributed by atoms with Crippen molar-refractivity contribution in [3.63, 3.8) is 0 Å². The number of carbonyl (C=O) groups is 2. The molecule has 0 aromatic rings. The van der Waals surface area contributed by atoms with Crippen LogP contribution >= 0.6 is 7.82 Å². The second-order valence-electron chi connectivity index (χ2n) is 27.6. The Morgan fingerprint density at radius 1 is 0.307 bits per heavy atom. The minimum atomic E-state index is -4.41. The first-order valence-corrected chi connectivity index (χ1v) is 43.5. The van der Waals surface area contributed by atoms with E-state index >= 15 is 0 Å². The van der Waals surface area contributed by atoms with Crippen molar-refractivity contribution in [2.24, 2.45) is 5.73 Å². The fourth-order valence-corrected chi connectivity index (χ4v) is 12.5. The van der Waals surface area contributed by atoms with Crippen molar-refractivity contribution in [1.82, 2.24) is 0 Å². The van der Waals surface area contributed by atoms with Gasteiger partial charge in [0.2, 0.25) is 0 Å². The number of phosphoric acid groups is 1. The Labute approximate surface area is 623 Å². The van der Waals surface area contributed by atoms with Crippen LogP contribution in [0, 0.1) is 0 Å². The highest BCUT2D eigenvalue weighted by molar-refractivity contribution is 7.47. The third kappa shape index (κ3) is 84.5. The molecule has 0 aliphatic heterocycles. The van der Waals surface area contributed by atoms with Crippen molar-refractivity contribution < 1.29 is 37.6 Å². The summed E-state index contributed by atoms with van der Waals surface area (Å²) in [6.45, 7) is 3.64. The number of nitrogens with two attached hydrogens (primary N) is 1. The Bertz CT molecular complexity index is 2230. The maximum atomic E-state index is 12.8. The van der Waals surface area contributed by atoms with Gasteiger partial charge in [0.25, 0.3) is 0 Å². The van der Waals surface area contributed by atoms with E-state index in [4.69, 9.17) is 24.3 Å². The van der Waals surface area contributed by atoms with E-state index in [2.05, 4.69) is 172 Å². The van der Waals surface area contributed by atoms with Crippen LogP contribution in [-0.4, -0.2) is 49.3 Å². The smallest absolute Gasteiger partial charge is 0.462 e. The molecule has 578 valence electrons. The van der Waals surface area contributed by atoms with Crippen molar-refractivity contribution in [1.29, 1.82) is 0 Å². The van der Waals surface area contributed by atoms with Crippen LogP contribution in [0.4, 0.5) is 0 Å². The van der Waals surface area contributed by atoms with Crippen LogP contribution in [0.15, 0.2) is 158 Å². The Morgan fingerprint density at radius 3 is 0.812 bits per heavy atom. The molecular formula is C91H156NO8P. The van der Waals surface area contributed by atoms with Gasteiger partial charge in [-0.05, 0) is 128 Å². The van der Waals surface area contributed by atoms with Gasteiger partial charge in [-0.2, -0.15) is 0 Å². The molecule has 0 fully saturated rings. The molecule has 0 amide bonds. The van der Waals surface area contributed by atoms with Crippen molar-refractivity contribution in [2.45, 2.75) is 380 Å². The van der Waals surface area contributed by atoms with Gasteiger partial charge in [-0.25, -0.2) is 4.57 Å². The van der Waals surface area contributed by atoms with Crippen LogP contribution in [0.2, 0.25) is 0 Å². The van der Waals surface area contributed by atoms with Gasteiger partial charge in [0.15, 0.2) is 6.10 Å². The van der Waals surface area contributed by atoms with Gasteiger partial charge in [-0.1, -0.05) is 390 Å². The first-order chi connectivity index (χ1) is 49.8. The fourth-order valence-electron chi connectivity index (χ4n) is 11.7. The average molecular weight is 1420 g/mol. The monoisotopic (exact) mass is 1420 g/mol. The van der Waals surface area contributed by atoms with Crippen molar-refractivity contribution in [2.75, 3.05) is 26.4 Å². The van der Waals surface area contributed by atoms with Crippen LogP contribution in [0.3, 0.4) is 0 Å². The molecule has 0 heterocycles. The molecule has 0 bridgehead atoms. The van der Waals surface area contributed by atoms with E-state index in [1.807, 2.05) is 0 Å². The van der Waals surface area contributed by atoms with E-state index in [9.17, 15) is 19.0 Å². The molecule has 0 saturated carbocycles. The summed E-state index contributed by atoms with van der Waals surface area (Å²) in [5.74, 6) is -0.832. The maximum absolute atomic E-state index is 12.8. The lowest BCUT2D eigenvalue weighted by molar-refractivity contribution is -0.161. The first kappa shape index (κ1) is 96.6. The third-order valence-corrected chi connectivity index (χ3v) is 18.9. The van der Waals surface area contributed by atoms with E-state index in [1.54, 1.807) is 0 Å². The number of esters is 2. The summed E-state index contributed by atoms with van der Waals surface area (Å²) < 4.78 is 33.3. The summed E-state index contributed by atoms with van der Waals surface area (Å²) >= 11 is 0. The van der Waals surface area contributed by atoms with Gasteiger partial charge in [0.05, 0.1) is 13.2 Å². The molecule has 9 nitrogen and oxygen atoms in total. The molecule has 0 radical (unpaired) electrons. The summed E-state index contributed by atoms with van der Waals surface area (Å²) in [6, 6.07) is 0. The van der Waals surface area contributed by atoms with E-state index in [-0.39, 0.29) is 38.6 Å². The Morgan fingerprint density at radius 2 is 0.545 bits per heavy atom. The van der Waals surface area contributed by atoms with E-state index in [1.165, 1.54) is 218 Å². The first-order valence-electron chi connectivity index (χ1n) is 42.0. The summed E-state index contributed by atoms with van der Waals surface area (Å²) in [4.78, 5) is 35.5. The summed E-state index contributed by atoms with van der Waals surface area (Å²) in [6.07, 6.45) is 124. The largest absolute Gasteiger partial charge is 0.472 e. The zero-order valence-electron chi connectivity index (χ0n) is 65.3. The zero-order valence-corrected chi connectivity index (χ0v) is 66.2. The summed E-state index contributed by atoms with van der Waals surface area (Å²) in [5.41, 5.74) is 5.42. The lowest BCUT2D eigenvalue weighted by Crippen LogP contribution is -2.29. The molecule has 0 spiro atoms. The average Bonchev–Trinajstić information content (AvgIpc) is 1.01. The zero-order chi connectivity index (χ0) is 72.9. The molecule has 2 atom stereocenters. The van der Waals surface area contributed by atoms with Crippen LogP contribution in [-0.2, 0) is 32.7 Å². The topological polar surface area (TPSA) is 134 Å². The number of hydrogen-bond donors (Lipinski definition) is 2. The SMILES string of the molecule is CC/C=C\C/C=C\C/C=C\C/C=C\C/C=C\C/C=C\C/C=C\C/C=C\C/C=C\C/C=C\CCCCCCCCCCC(=O)OC(COC(=O)CCCCCCCCCCCCCCCCCCCCCCCCCCCC/C=C\C/C=C\C/C=C\CCCCCCC)COP(=O)(O)OCCN. The number of allylic oxidation sites excluding steroid dienone is 26. The van der Waals surface area contributed by atoms with Crippen LogP contribution < -0.4 is 5.73 Å². The molecular weight excluding hydrogens is 1270 g/mol. The van der Waals surface area contributed by atoms with Gasteiger partial charge in [0.1, 0.15) is 6.61 Å². The van der Waals surface area contributed by atoms with Gasteiger partial charge in [0, 0.05) is 19.4 Å². The number of unbranched alkanes of at least 4 members (excludes halogenated alkanes) is 39. The van der Waals surface area contributed by atoms with Gasteiger partial charge >= 0.3 is 19.8 Å². The number of phosphoric ester groups is 1. The van der Waals surface area contributed by atoms with Crippen molar-refractivity contribution in [3.05, 3.63) is 158 Å². The Hall–Kier alpha value is -4.37. The van der Waals surface area contributed by atoms with Gasteiger partial charge in [-0.15, -0.1) is 0 Å². The summed E-state index contributed by atoms with van der Waals surface area (Å²) in [7, 11) is -4.41. The lowest BCUT2D eigenvalue weighted by atomic mass is 10.0. The van der Waals surface area contributed by atoms with Crippen molar-refractivity contribution >= 4 is 19.8 Å². The van der Waals surface area contributed by atoms with Gasteiger partial charge in [-0.3, -0.25) is 18.6 Å². The predicted octanol–water partition coefficient (Wildman–Crippen LogP) is 28.6. The highest BCUT2D eigenvalue weighted by Gasteiger charge is 2.26. The number of rotatable bonds is 78. The van der Waals surface area contributed by atoms with E-state index in [0.29, 0.717) is 6.42 Å². The normalized spacial score (nSPS) is 13.7. The molecule has 2 unspecified atom stereocenters. The van der Waals surface area contributed by atoms with Gasteiger partial charge < -0.3 is 20.1 Å².